The number of rotatable bonds is 2. The summed E-state index contributed by atoms with van der Waals surface area (Å²) in [4.78, 5) is 24.8. The Morgan fingerprint density at radius 2 is 1.64 bits per heavy atom. The molecule has 3 aromatic rings. The minimum Gasteiger partial charge on any atom is -0.319 e. The topological polar surface area (TPSA) is 80.3 Å². The lowest BCUT2D eigenvalue weighted by Gasteiger charge is -2.19. The number of anilines is 1. The van der Waals surface area contributed by atoms with Crippen molar-refractivity contribution < 1.29 is 22.4 Å². The first kappa shape index (κ1) is 18.3. The standard InChI is InChI=1S/C20H11ClFNO4S/c21-12-6-8-15(22)16(10-12)23-20(25)11-5-7-14-18(9-11)28(26,27)17-4-2-1-3-13(17)19(14)24/h1-10H,(H,23,25). The Balaban J connectivity index is 1.77. The van der Waals surface area contributed by atoms with Crippen LogP contribution in [0.4, 0.5) is 10.1 Å². The fourth-order valence-electron chi connectivity index (χ4n) is 3.01. The van der Waals surface area contributed by atoms with E-state index in [1.807, 2.05) is 0 Å². The van der Waals surface area contributed by atoms with E-state index in [2.05, 4.69) is 5.32 Å². The summed E-state index contributed by atoms with van der Waals surface area (Å²) < 4.78 is 39.7. The SMILES string of the molecule is O=C(Nc1cc(Cl)ccc1F)c1ccc2c(c1)S(=O)(=O)c1ccccc1C2=O. The van der Waals surface area contributed by atoms with E-state index >= 15 is 0 Å². The summed E-state index contributed by atoms with van der Waals surface area (Å²) in [6.45, 7) is 0. The van der Waals surface area contributed by atoms with E-state index in [0.717, 1.165) is 12.1 Å². The molecule has 0 saturated carbocycles. The molecule has 8 heteroatoms. The molecule has 5 nitrogen and oxygen atoms in total. The van der Waals surface area contributed by atoms with Crippen LogP contribution in [0.3, 0.4) is 0 Å². The summed E-state index contributed by atoms with van der Waals surface area (Å²) in [5.74, 6) is -1.86. The second kappa shape index (κ2) is 6.54. The van der Waals surface area contributed by atoms with Gasteiger partial charge in [-0.15, -0.1) is 0 Å². The lowest BCUT2D eigenvalue weighted by atomic mass is 10.0. The van der Waals surface area contributed by atoms with E-state index < -0.39 is 27.3 Å². The van der Waals surface area contributed by atoms with Crippen molar-refractivity contribution in [2.24, 2.45) is 0 Å². The Hall–Kier alpha value is -3.03. The predicted octanol–water partition coefficient (Wildman–Crippen LogP) is 4.11. The first-order chi connectivity index (χ1) is 13.3. The molecule has 1 aliphatic rings. The smallest absolute Gasteiger partial charge is 0.255 e. The number of nitrogens with one attached hydrogen (secondary N) is 1. The number of ketones is 1. The van der Waals surface area contributed by atoms with Gasteiger partial charge in [0.1, 0.15) is 5.82 Å². The minimum absolute atomic E-state index is 0.0100. The van der Waals surface area contributed by atoms with E-state index in [1.54, 1.807) is 6.07 Å². The second-order valence-electron chi connectivity index (χ2n) is 6.12. The van der Waals surface area contributed by atoms with Gasteiger partial charge >= 0.3 is 0 Å². The third-order valence-electron chi connectivity index (χ3n) is 4.38. The van der Waals surface area contributed by atoms with E-state index in [4.69, 9.17) is 11.6 Å². The highest BCUT2D eigenvalue weighted by molar-refractivity contribution is 7.91. The average molecular weight is 416 g/mol. The highest BCUT2D eigenvalue weighted by Gasteiger charge is 2.35. The summed E-state index contributed by atoms with van der Waals surface area (Å²) >= 11 is 5.81. The first-order valence-corrected chi connectivity index (χ1v) is 9.94. The van der Waals surface area contributed by atoms with Crippen LogP contribution in [0.15, 0.2) is 70.5 Å². The molecule has 0 saturated heterocycles. The molecule has 140 valence electrons. The third kappa shape index (κ3) is 2.89. The maximum absolute atomic E-state index is 13.8. The fourth-order valence-corrected chi connectivity index (χ4v) is 4.86. The summed E-state index contributed by atoms with van der Waals surface area (Å²) in [5, 5.41) is 2.58. The predicted molar refractivity (Wildman–Crippen MR) is 101 cm³/mol. The van der Waals surface area contributed by atoms with Crippen LogP contribution in [0.2, 0.25) is 5.02 Å². The van der Waals surface area contributed by atoms with Gasteiger partial charge < -0.3 is 5.32 Å². The lowest BCUT2D eigenvalue weighted by molar-refractivity contribution is 0.101. The molecule has 0 aliphatic carbocycles. The van der Waals surface area contributed by atoms with Gasteiger partial charge in [0.25, 0.3) is 5.91 Å². The molecule has 28 heavy (non-hydrogen) atoms. The molecule has 1 N–H and O–H groups in total. The van der Waals surface area contributed by atoms with Crippen molar-refractivity contribution in [3.8, 4) is 0 Å². The van der Waals surface area contributed by atoms with Crippen molar-refractivity contribution in [3.05, 3.63) is 88.2 Å². The Bertz CT molecular complexity index is 1270. The number of hydrogen-bond donors (Lipinski definition) is 1. The highest BCUT2D eigenvalue weighted by Crippen LogP contribution is 2.35. The molecule has 0 unspecified atom stereocenters. The average Bonchev–Trinajstić information content (AvgIpc) is 2.69. The number of halogens is 2. The molecular weight excluding hydrogens is 405 g/mol. The largest absolute Gasteiger partial charge is 0.319 e. The van der Waals surface area contributed by atoms with E-state index in [-0.39, 0.29) is 37.2 Å². The number of benzene rings is 3. The lowest BCUT2D eigenvalue weighted by Crippen LogP contribution is -2.21. The van der Waals surface area contributed by atoms with Crippen molar-refractivity contribution >= 4 is 38.8 Å². The molecule has 1 aliphatic heterocycles. The molecule has 0 radical (unpaired) electrons. The van der Waals surface area contributed by atoms with Crippen LogP contribution in [0.5, 0.6) is 0 Å². The monoisotopic (exact) mass is 415 g/mol. The van der Waals surface area contributed by atoms with E-state index in [0.29, 0.717) is 0 Å². The summed E-state index contributed by atoms with van der Waals surface area (Å²) in [6, 6.07) is 13.3. The zero-order valence-electron chi connectivity index (χ0n) is 14.1. The quantitative estimate of drug-likeness (QED) is 0.534. The normalized spacial score (nSPS) is 14.1. The summed E-state index contributed by atoms with van der Waals surface area (Å²) in [7, 11) is -3.97. The fraction of sp³-hybridized carbons (Fsp3) is 0. The van der Waals surface area contributed by atoms with Gasteiger partial charge in [-0.2, -0.15) is 0 Å². The van der Waals surface area contributed by atoms with Crippen LogP contribution in [-0.4, -0.2) is 20.1 Å². The number of amides is 1. The molecule has 1 heterocycles. The minimum atomic E-state index is -3.97. The Morgan fingerprint density at radius 1 is 0.929 bits per heavy atom. The van der Waals surface area contributed by atoms with Gasteiger partial charge in [0.15, 0.2) is 5.78 Å². The Morgan fingerprint density at radius 3 is 2.43 bits per heavy atom. The molecule has 0 bridgehead atoms. The number of sulfone groups is 1. The van der Waals surface area contributed by atoms with Gasteiger partial charge in [-0.25, -0.2) is 12.8 Å². The molecule has 0 fully saturated rings. The molecular formula is C20H11ClFNO4S. The van der Waals surface area contributed by atoms with Crippen molar-refractivity contribution in [2.45, 2.75) is 9.79 Å². The van der Waals surface area contributed by atoms with Gasteiger partial charge in [0, 0.05) is 21.7 Å². The number of carbonyl (C=O) groups is 2. The van der Waals surface area contributed by atoms with Crippen LogP contribution in [0.25, 0.3) is 0 Å². The van der Waals surface area contributed by atoms with Crippen molar-refractivity contribution in [3.63, 3.8) is 0 Å². The molecule has 0 atom stereocenters. The van der Waals surface area contributed by atoms with Crippen LogP contribution < -0.4 is 5.32 Å². The van der Waals surface area contributed by atoms with Crippen LogP contribution >= 0.6 is 11.6 Å². The van der Waals surface area contributed by atoms with Gasteiger partial charge in [-0.1, -0.05) is 23.7 Å². The molecule has 4 rings (SSSR count). The maximum atomic E-state index is 13.8. The maximum Gasteiger partial charge on any atom is 0.255 e. The zero-order valence-corrected chi connectivity index (χ0v) is 15.6. The van der Waals surface area contributed by atoms with Crippen LogP contribution in [0.1, 0.15) is 26.3 Å². The van der Waals surface area contributed by atoms with Crippen LogP contribution in [-0.2, 0) is 9.84 Å². The number of fused-ring (bicyclic) bond motifs is 2. The molecule has 0 aromatic heterocycles. The highest BCUT2D eigenvalue weighted by atomic mass is 35.5. The third-order valence-corrected chi connectivity index (χ3v) is 6.46. The van der Waals surface area contributed by atoms with Gasteiger partial charge in [-0.3, -0.25) is 9.59 Å². The van der Waals surface area contributed by atoms with Crippen molar-refractivity contribution in [1.29, 1.82) is 0 Å². The second-order valence-corrected chi connectivity index (χ2v) is 8.44. The van der Waals surface area contributed by atoms with E-state index in [9.17, 15) is 22.4 Å². The number of carbonyl (C=O) groups excluding carboxylic acids is 2. The first-order valence-electron chi connectivity index (χ1n) is 8.08. The Kier molecular flexibility index (Phi) is 4.28. The van der Waals surface area contributed by atoms with Gasteiger partial charge in [0.2, 0.25) is 9.84 Å². The summed E-state index contributed by atoms with van der Waals surface area (Å²) in [6.07, 6.45) is 0. The van der Waals surface area contributed by atoms with Crippen molar-refractivity contribution in [1.82, 2.24) is 0 Å². The molecule has 1 amide bonds. The van der Waals surface area contributed by atoms with Crippen LogP contribution in [0, 0.1) is 5.82 Å². The summed E-state index contributed by atoms with van der Waals surface area (Å²) in [5.41, 5.74) is -0.0919. The number of hydrogen-bond acceptors (Lipinski definition) is 4. The molecule has 0 spiro atoms. The van der Waals surface area contributed by atoms with E-state index in [1.165, 1.54) is 42.5 Å². The van der Waals surface area contributed by atoms with Gasteiger partial charge in [-0.05, 0) is 48.5 Å². The van der Waals surface area contributed by atoms with Crippen molar-refractivity contribution in [2.75, 3.05) is 5.32 Å². The Labute approximate surface area is 164 Å². The van der Waals surface area contributed by atoms with Gasteiger partial charge in [0.05, 0.1) is 15.5 Å². The molecule has 3 aromatic carbocycles. The zero-order chi connectivity index (χ0) is 20.1.